The summed E-state index contributed by atoms with van der Waals surface area (Å²) in [6, 6.07) is 11.3. The number of sulfonamides is 1. The van der Waals surface area contributed by atoms with Crippen molar-refractivity contribution in [2.45, 2.75) is 48.0 Å². The van der Waals surface area contributed by atoms with Gasteiger partial charge < -0.3 is 4.74 Å². The summed E-state index contributed by atoms with van der Waals surface area (Å²) in [5.74, 6) is -1.01. The maximum absolute atomic E-state index is 13.7. The number of thiophene rings is 1. The third kappa shape index (κ3) is 5.81. The smallest absolute Gasteiger partial charge is 0.245 e. The highest BCUT2D eigenvalue weighted by Crippen LogP contribution is 2.44. The summed E-state index contributed by atoms with van der Waals surface area (Å²) >= 11 is 4.60. The predicted molar refractivity (Wildman–Crippen MR) is 135 cm³/mol. The van der Waals surface area contributed by atoms with Crippen molar-refractivity contribution in [1.29, 1.82) is 0 Å². The lowest BCUT2D eigenvalue weighted by molar-refractivity contribution is -0.200. The number of amides is 1. The zero-order chi connectivity index (χ0) is 25.1. The monoisotopic (exact) mass is 606 g/mol. The van der Waals surface area contributed by atoms with Crippen LogP contribution in [0.5, 0.6) is 0 Å². The average Bonchev–Trinajstić information content (AvgIpc) is 3.23. The van der Waals surface area contributed by atoms with Crippen LogP contribution in [0.4, 0.5) is 0 Å². The van der Waals surface area contributed by atoms with E-state index in [0.29, 0.717) is 21.7 Å². The molecule has 2 saturated heterocycles. The Labute approximate surface area is 217 Å². The molecule has 13 heteroatoms. The van der Waals surface area contributed by atoms with E-state index in [0.717, 1.165) is 12.8 Å². The molecule has 0 bridgehead atoms. The molecule has 35 heavy (non-hydrogen) atoms. The summed E-state index contributed by atoms with van der Waals surface area (Å²) < 4.78 is 59.6. The number of hydrogen-bond acceptors (Lipinski definition) is 8. The van der Waals surface area contributed by atoms with Gasteiger partial charge in [0.1, 0.15) is 4.75 Å². The van der Waals surface area contributed by atoms with Crippen molar-refractivity contribution in [1.82, 2.24) is 9.79 Å². The average molecular weight is 608 g/mol. The molecule has 0 spiro atoms. The Bertz CT molecular complexity index is 1240. The molecular formula is C22H27BrN2O7S3. The molecule has 2 fully saturated rings. The highest BCUT2D eigenvalue weighted by atomic mass is 79.9. The topological polar surface area (TPSA) is 119 Å². The van der Waals surface area contributed by atoms with Crippen molar-refractivity contribution in [3.8, 4) is 0 Å². The zero-order valence-corrected chi connectivity index (χ0v) is 22.9. The Kier molecular flexibility index (Phi) is 8.36. The van der Waals surface area contributed by atoms with Gasteiger partial charge in [0.05, 0.1) is 20.9 Å². The minimum atomic E-state index is -3.94. The van der Waals surface area contributed by atoms with Gasteiger partial charge in [-0.1, -0.05) is 18.2 Å². The summed E-state index contributed by atoms with van der Waals surface area (Å²) in [6.07, 6.45) is 1.43. The molecule has 2 aliphatic heterocycles. The van der Waals surface area contributed by atoms with Gasteiger partial charge >= 0.3 is 0 Å². The molecular weight excluding hydrogens is 580 g/mol. The van der Waals surface area contributed by atoms with Crippen molar-refractivity contribution in [2.24, 2.45) is 0 Å². The first kappa shape index (κ1) is 26.7. The van der Waals surface area contributed by atoms with E-state index in [4.69, 9.17) is 9.57 Å². The van der Waals surface area contributed by atoms with Gasteiger partial charge in [-0.15, -0.1) is 11.3 Å². The van der Waals surface area contributed by atoms with Crippen LogP contribution < -0.4 is 5.48 Å². The lowest BCUT2D eigenvalue weighted by Crippen LogP contribution is -2.43. The second-order valence-corrected chi connectivity index (χ2v) is 15.3. The van der Waals surface area contributed by atoms with E-state index >= 15 is 0 Å². The van der Waals surface area contributed by atoms with E-state index in [2.05, 4.69) is 21.4 Å². The first-order valence-corrected chi connectivity index (χ1v) is 15.9. The molecule has 1 amide bonds. The van der Waals surface area contributed by atoms with Gasteiger partial charge in [-0.05, 0) is 59.5 Å². The molecule has 192 valence electrons. The molecule has 2 aromatic rings. The van der Waals surface area contributed by atoms with Gasteiger partial charge in [-0.3, -0.25) is 4.79 Å². The molecule has 2 aliphatic rings. The highest BCUT2D eigenvalue weighted by Gasteiger charge is 2.50. The van der Waals surface area contributed by atoms with Crippen LogP contribution in [0.25, 0.3) is 0 Å². The molecule has 0 saturated carbocycles. The van der Waals surface area contributed by atoms with Crippen molar-refractivity contribution < 1.29 is 31.2 Å². The maximum atomic E-state index is 13.7. The molecule has 0 aliphatic carbocycles. The Balaban J connectivity index is 1.61. The molecule has 4 rings (SSSR count). The number of hydrogen-bond donors (Lipinski definition) is 1. The highest BCUT2D eigenvalue weighted by molar-refractivity contribution is 9.11. The number of halogens is 1. The van der Waals surface area contributed by atoms with E-state index in [1.807, 2.05) is 0 Å². The Morgan fingerprint density at radius 1 is 1.20 bits per heavy atom. The number of hydroxylamine groups is 1. The minimum Gasteiger partial charge on any atom is -0.350 e. The standard InChI is InChI=1S/C22H27BrN2O7S3/c23-19-10-9-18(33-19)22(16-20(26)24-32-21-8-4-5-14-31-21)11-12-25(13-15-34(22,27)28)35(29,30)17-6-2-1-3-7-17/h1-3,6-7,9-10,21H,4-5,8,11-16H2,(H,24,26). The third-order valence-corrected chi connectivity index (χ3v) is 12.6. The van der Waals surface area contributed by atoms with Crippen LogP contribution in [-0.2, 0) is 39.0 Å². The number of carbonyl (C=O) groups excluding carboxylic acids is 1. The number of benzene rings is 1. The first-order chi connectivity index (χ1) is 16.6. The fraction of sp³-hybridized carbons (Fsp3) is 0.500. The largest absolute Gasteiger partial charge is 0.350 e. The Hall–Kier alpha value is -1.35. The minimum absolute atomic E-state index is 0.0498. The molecule has 1 aromatic heterocycles. The lowest BCUT2D eigenvalue weighted by Gasteiger charge is -2.31. The van der Waals surface area contributed by atoms with Crippen molar-refractivity contribution >= 4 is 53.0 Å². The zero-order valence-electron chi connectivity index (χ0n) is 18.9. The number of ether oxygens (including phenoxy) is 1. The van der Waals surface area contributed by atoms with Crippen LogP contribution in [0.3, 0.4) is 0 Å². The quantitative estimate of drug-likeness (QED) is 0.481. The first-order valence-electron chi connectivity index (χ1n) is 11.2. The summed E-state index contributed by atoms with van der Waals surface area (Å²) in [7, 11) is -7.83. The summed E-state index contributed by atoms with van der Waals surface area (Å²) in [5.41, 5.74) is 2.36. The van der Waals surface area contributed by atoms with Crippen molar-refractivity contribution in [3.05, 3.63) is 51.1 Å². The summed E-state index contributed by atoms with van der Waals surface area (Å²) in [5, 5.41) is 0. The van der Waals surface area contributed by atoms with Crippen LogP contribution in [-0.4, -0.2) is 58.8 Å². The van der Waals surface area contributed by atoms with Crippen LogP contribution in [0.15, 0.2) is 51.1 Å². The van der Waals surface area contributed by atoms with Gasteiger partial charge in [0, 0.05) is 31.0 Å². The molecule has 2 atom stereocenters. The number of sulfone groups is 1. The summed E-state index contributed by atoms with van der Waals surface area (Å²) in [6.45, 7) is 0.293. The number of nitrogens with one attached hydrogen (secondary N) is 1. The molecule has 3 heterocycles. The summed E-state index contributed by atoms with van der Waals surface area (Å²) in [4.78, 5) is 18.9. The van der Waals surface area contributed by atoms with E-state index in [1.54, 1.807) is 30.3 Å². The second kappa shape index (κ2) is 11.0. The Morgan fingerprint density at radius 3 is 2.63 bits per heavy atom. The SMILES string of the molecule is O=C(CC1(c2ccc(Br)s2)CCN(S(=O)(=O)c2ccccc2)CCS1(=O)=O)NOC1CCCCO1. The van der Waals surface area contributed by atoms with Crippen LogP contribution in [0, 0.1) is 0 Å². The van der Waals surface area contributed by atoms with E-state index in [9.17, 15) is 21.6 Å². The fourth-order valence-corrected chi connectivity index (χ4v) is 9.89. The fourth-order valence-electron chi connectivity index (χ4n) is 4.32. The number of rotatable bonds is 7. The van der Waals surface area contributed by atoms with Gasteiger partial charge in [0.15, 0.2) is 16.1 Å². The van der Waals surface area contributed by atoms with E-state index in [-0.39, 0.29) is 24.4 Å². The van der Waals surface area contributed by atoms with Crippen molar-refractivity contribution in [3.63, 3.8) is 0 Å². The molecule has 0 radical (unpaired) electrons. The molecule has 1 aromatic carbocycles. The second-order valence-electron chi connectivity index (χ2n) is 8.50. The third-order valence-electron chi connectivity index (χ3n) is 6.26. The van der Waals surface area contributed by atoms with Gasteiger partial charge in [0.2, 0.25) is 15.9 Å². The number of nitrogens with zero attached hydrogens (tertiary/aromatic N) is 1. The van der Waals surface area contributed by atoms with Crippen LogP contribution in [0.2, 0.25) is 0 Å². The molecule has 1 N–H and O–H groups in total. The van der Waals surface area contributed by atoms with Crippen molar-refractivity contribution in [2.75, 3.05) is 25.4 Å². The maximum Gasteiger partial charge on any atom is 0.245 e. The van der Waals surface area contributed by atoms with Gasteiger partial charge in [0.25, 0.3) is 0 Å². The lowest BCUT2D eigenvalue weighted by atomic mass is 9.97. The van der Waals surface area contributed by atoms with Gasteiger partial charge in [-0.25, -0.2) is 27.2 Å². The predicted octanol–water partition coefficient (Wildman–Crippen LogP) is 3.18. The van der Waals surface area contributed by atoms with Crippen LogP contribution in [0.1, 0.15) is 37.0 Å². The normalized spacial score (nSPS) is 25.6. The van der Waals surface area contributed by atoms with E-state index in [1.165, 1.54) is 27.8 Å². The molecule has 2 unspecified atom stereocenters. The number of carbonyl (C=O) groups is 1. The van der Waals surface area contributed by atoms with Gasteiger partial charge in [-0.2, -0.15) is 4.31 Å². The van der Waals surface area contributed by atoms with Crippen LogP contribution >= 0.6 is 27.3 Å². The van der Waals surface area contributed by atoms with E-state index < -0.39 is 49.0 Å². The molecule has 9 nitrogen and oxygen atoms in total. The Morgan fingerprint density at radius 2 is 1.97 bits per heavy atom.